The average molecular weight is 278 g/mol. The lowest BCUT2D eigenvalue weighted by molar-refractivity contribution is -0.116. The number of carbonyl (C=O) groups is 2. The summed E-state index contributed by atoms with van der Waals surface area (Å²) in [5.41, 5.74) is 3.35. The van der Waals surface area contributed by atoms with E-state index in [1.54, 1.807) is 5.51 Å². The number of aromatic amines is 1. The normalized spacial score (nSPS) is 17.7. The van der Waals surface area contributed by atoms with Gasteiger partial charge in [-0.1, -0.05) is 0 Å². The SMILES string of the molecule is COC(=O)c1[nH]nc2c1C(c1cscn1)CC(=O)N2. The number of aromatic nitrogens is 3. The smallest absolute Gasteiger partial charge is 0.356 e. The minimum atomic E-state index is -0.509. The van der Waals surface area contributed by atoms with E-state index in [9.17, 15) is 9.59 Å². The van der Waals surface area contributed by atoms with Gasteiger partial charge in [-0.15, -0.1) is 11.3 Å². The number of fused-ring (bicyclic) bond motifs is 1. The van der Waals surface area contributed by atoms with Crippen molar-refractivity contribution in [2.24, 2.45) is 0 Å². The molecule has 2 N–H and O–H groups in total. The van der Waals surface area contributed by atoms with Crippen molar-refractivity contribution in [2.45, 2.75) is 12.3 Å². The molecule has 0 aliphatic carbocycles. The molecule has 19 heavy (non-hydrogen) atoms. The number of rotatable bonds is 2. The highest BCUT2D eigenvalue weighted by atomic mass is 32.1. The van der Waals surface area contributed by atoms with Gasteiger partial charge in [0.25, 0.3) is 0 Å². The molecule has 0 fully saturated rings. The van der Waals surface area contributed by atoms with E-state index in [4.69, 9.17) is 4.74 Å². The Morgan fingerprint density at radius 1 is 1.58 bits per heavy atom. The number of methoxy groups -OCH3 is 1. The maximum absolute atomic E-state index is 11.7. The molecule has 1 aliphatic heterocycles. The number of esters is 1. The molecule has 1 amide bonds. The predicted octanol–water partition coefficient (Wildman–Crippen LogP) is 1.13. The summed E-state index contributed by atoms with van der Waals surface area (Å²) in [6, 6.07) is 0. The standard InChI is InChI=1S/C11H10N4O3S/c1-18-11(17)9-8-5(6-3-19-4-12-6)2-7(16)13-10(8)15-14-9/h3-5H,2H2,1H3,(H2,13,14,15,16). The summed E-state index contributed by atoms with van der Waals surface area (Å²) in [4.78, 5) is 27.6. The van der Waals surface area contributed by atoms with Gasteiger partial charge in [0.2, 0.25) is 5.91 Å². The number of carbonyl (C=O) groups excluding carboxylic acids is 2. The van der Waals surface area contributed by atoms with Gasteiger partial charge in [0.15, 0.2) is 5.82 Å². The molecule has 2 aromatic heterocycles. The summed E-state index contributed by atoms with van der Waals surface area (Å²) >= 11 is 1.44. The van der Waals surface area contributed by atoms with E-state index in [-0.39, 0.29) is 23.9 Å². The minimum Gasteiger partial charge on any atom is -0.464 e. The topological polar surface area (TPSA) is 97.0 Å². The van der Waals surface area contributed by atoms with Crippen LogP contribution in [0.25, 0.3) is 0 Å². The van der Waals surface area contributed by atoms with Crippen molar-refractivity contribution in [1.82, 2.24) is 15.2 Å². The quantitative estimate of drug-likeness (QED) is 0.802. The summed E-state index contributed by atoms with van der Waals surface area (Å²) in [7, 11) is 1.30. The van der Waals surface area contributed by atoms with Crippen LogP contribution in [0.4, 0.5) is 5.82 Å². The van der Waals surface area contributed by atoms with Crippen molar-refractivity contribution in [3.8, 4) is 0 Å². The molecule has 1 aliphatic rings. The molecule has 0 bridgehead atoms. The third-order valence-corrected chi connectivity index (χ3v) is 3.60. The van der Waals surface area contributed by atoms with Crippen LogP contribution in [0.5, 0.6) is 0 Å². The van der Waals surface area contributed by atoms with E-state index in [0.717, 1.165) is 5.69 Å². The van der Waals surface area contributed by atoms with Gasteiger partial charge in [-0.05, 0) is 0 Å². The first-order valence-electron chi connectivity index (χ1n) is 5.55. The third-order valence-electron chi connectivity index (χ3n) is 3.00. The van der Waals surface area contributed by atoms with E-state index < -0.39 is 5.97 Å². The molecule has 98 valence electrons. The summed E-state index contributed by atoms with van der Waals surface area (Å²) in [5, 5.41) is 11.1. The second kappa shape index (κ2) is 4.47. The first-order valence-corrected chi connectivity index (χ1v) is 6.49. The molecule has 3 heterocycles. The van der Waals surface area contributed by atoms with Crippen LogP contribution >= 0.6 is 11.3 Å². The number of ether oxygens (including phenoxy) is 1. The summed E-state index contributed by atoms with van der Waals surface area (Å²) in [5.74, 6) is -0.559. The number of hydrogen-bond acceptors (Lipinski definition) is 6. The molecule has 3 rings (SSSR count). The number of H-pyrrole nitrogens is 1. The number of hydrogen-bond donors (Lipinski definition) is 2. The molecule has 7 nitrogen and oxygen atoms in total. The first-order chi connectivity index (χ1) is 9.20. The molecule has 8 heteroatoms. The molecule has 0 saturated carbocycles. The molecule has 0 radical (unpaired) electrons. The van der Waals surface area contributed by atoms with Crippen LogP contribution in [0.2, 0.25) is 0 Å². The van der Waals surface area contributed by atoms with E-state index >= 15 is 0 Å². The Hall–Kier alpha value is -2.22. The fourth-order valence-electron chi connectivity index (χ4n) is 2.16. The van der Waals surface area contributed by atoms with Gasteiger partial charge in [-0.3, -0.25) is 9.89 Å². The maximum atomic E-state index is 11.7. The summed E-state index contributed by atoms with van der Waals surface area (Å²) in [6.07, 6.45) is 0.236. The van der Waals surface area contributed by atoms with Crippen LogP contribution in [0.1, 0.15) is 34.1 Å². The first kappa shape index (κ1) is 11.8. The Labute approximate surface area is 112 Å². The molecule has 0 spiro atoms. The highest BCUT2D eigenvalue weighted by Gasteiger charge is 2.34. The summed E-state index contributed by atoms with van der Waals surface area (Å²) in [6.45, 7) is 0. The highest BCUT2D eigenvalue weighted by molar-refractivity contribution is 7.07. The minimum absolute atomic E-state index is 0.145. The number of nitrogens with one attached hydrogen (secondary N) is 2. The van der Waals surface area contributed by atoms with Crippen LogP contribution < -0.4 is 5.32 Å². The fraction of sp³-hybridized carbons (Fsp3) is 0.273. The Morgan fingerprint density at radius 2 is 2.42 bits per heavy atom. The second-order valence-corrected chi connectivity index (χ2v) is 4.79. The van der Waals surface area contributed by atoms with Gasteiger partial charge in [-0.2, -0.15) is 5.10 Å². The van der Waals surface area contributed by atoms with Crippen molar-refractivity contribution in [3.05, 3.63) is 27.8 Å². The number of thiazole rings is 1. The zero-order valence-corrected chi connectivity index (χ0v) is 10.8. The summed E-state index contributed by atoms with van der Waals surface area (Å²) < 4.78 is 4.71. The Bertz CT molecular complexity index is 634. The van der Waals surface area contributed by atoms with Crippen LogP contribution in [0.15, 0.2) is 10.9 Å². The lowest BCUT2D eigenvalue weighted by atomic mass is 9.89. The van der Waals surface area contributed by atoms with Gasteiger partial charge >= 0.3 is 5.97 Å². The molecule has 0 aromatic carbocycles. The molecule has 1 atom stereocenters. The van der Waals surface area contributed by atoms with E-state index in [1.807, 2.05) is 5.38 Å². The van der Waals surface area contributed by atoms with E-state index in [1.165, 1.54) is 18.4 Å². The van der Waals surface area contributed by atoms with Crippen molar-refractivity contribution >= 4 is 29.0 Å². The zero-order valence-electron chi connectivity index (χ0n) is 9.97. The maximum Gasteiger partial charge on any atom is 0.356 e. The Kier molecular flexibility index (Phi) is 2.79. The van der Waals surface area contributed by atoms with Crippen LogP contribution in [0.3, 0.4) is 0 Å². The fourth-order valence-corrected chi connectivity index (χ4v) is 2.77. The number of anilines is 1. The number of nitrogens with zero attached hydrogens (tertiary/aromatic N) is 2. The molecule has 0 saturated heterocycles. The van der Waals surface area contributed by atoms with Gasteiger partial charge in [-0.25, -0.2) is 9.78 Å². The highest BCUT2D eigenvalue weighted by Crippen LogP contribution is 2.37. The molecule has 2 aromatic rings. The second-order valence-electron chi connectivity index (χ2n) is 4.07. The lowest BCUT2D eigenvalue weighted by Crippen LogP contribution is -2.24. The van der Waals surface area contributed by atoms with Crippen molar-refractivity contribution in [3.63, 3.8) is 0 Å². The van der Waals surface area contributed by atoms with Crippen LogP contribution in [0, 0.1) is 0 Å². The van der Waals surface area contributed by atoms with E-state index in [2.05, 4.69) is 20.5 Å². The molecular formula is C11H10N4O3S. The van der Waals surface area contributed by atoms with Gasteiger partial charge in [0.05, 0.1) is 18.3 Å². The zero-order chi connectivity index (χ0) is 13.4. The monoisotopic (exact) mass is 278 g/mol. The van der Waals surface area contributed by atoms with Crippen LogP contribution in [-0.4, -0.2) is 34.2 Å². The Balaban J connectivity index is 2.12. The van der Waals surface area contributed by atoms with Crippen LogP contribution in [-0.2, 0) is 9.53 Å². The van der Waals surface area contributed by atoms with Gasteiger partial charge in [0, 0.05) is 23.3 Å². The lowest BCUT2D eigenvalue weighted by Gasteiger charge is -2.20. The Morgan fingerprint density at radius 3 is 3.11 bits per heavy atom. The third kappa shape index (κ3) is 1.89. The van der Waals surface area contributed by atoms with Gasteiger partial charge in [0.1, 0.15) is 5.69 Å². The van der Waals surface area contributed by atoms with Crippen molar-refractivity contribution in [1.29, 1.82) is 0 Å². The number of amides is 1. The molecule has 1 unspecified atom stereocenters. The largest absolute Gasteiger partial charge is 0.464 e. The average Bonchev–Trinajstić information content (AvgIpc) is 3.05. The van der Waals surface area contributed by atoms with E-state index in [0.29, 0.717) is 11.4 Å². The molecular weight excluding hydrogens is 268 g/mol. The van der Waals surface area contributed by atoms with Crippen molar-refractivity contribution < 1.29 is 14.3 Å². The predicted molar refractivity (Wildman–Crippen MR) is 67.1 cm³/mol. The van der Waals surface area contributed by atoms with Crippen molar-refractivity contribution in [2.75, 3.05) is 12.4 Å². The van der Waals surface area contributed by atoms with Gasteiger partial charge < -0.3 is 10.1 Å².